The average molecular weight is 282 g/mol. The Hall–Kier alpha value is -1.30. The maximum atomic E-state index is 12.1. The minimum Gasteiger partial charge on any atom is -0.382 e. The van der Waals surface area contributed by atoms with Crippen molar-refractivity contribution >= 4 is 28.3 Å². The highest BCUT2D eigenvalue weighted by Crippen LogP contribution is 2.48. The van der Waals surface area contributed by atoms with Crippen molar-refractivity contribution in [2.45, 2.75) is 46.1 Å². The molecular formula is C13H22N4OS. The van der Waals surface area contributed by atoms with Gasteiger partial charge in [0, 0.05) is 12.6 Å². The van der Waals surface area contributed by atoms with Gasteiger partial charge < -0.3 is 16.4 Å². The first-order valence-electron chi connectivity index (χ1n) is 6.77. The smallest absolute Gasteiger partial charge is 0.258 e. The summed E-state index contributed by atoms with van der Waals surface area (Å²) in [5.74, 6) is 0.164. The second-order valence-corrected chi connectivity index (χ2v) is 6.38. The van der Waals surface area contributed by atoms with Crippen molar-refractivity contribution < 1.29 is 4.79 Å². The quantitative estimate of drug-likeness (QED) is 0.749. The van der Waals surface area contributed by atoms with Gasteiger partial charge in [-0.05, 0) is 50.1 Å². The summed E-state index contributed by atoms with van der Waals surface area (Å²) in [6, 6.07) is 0.0880. The zero-order valence-electron chi connectivity index (χ0n) is 11.7. The lowest BCUT2D eigenvalue weighted by atomic mass is 10.0. The van der Waals surface area contributed by atoms with Gasteiger partial charge in [0.15, 0.2) is 5.82 Å². The Morgan fingerprint density at radius 1 is 1.53 bits per heavy atom. The van der Waals surface area contributed by atoms with Gasteiger partial charge in [0.25, 0.3) is 5.91 Å². The molecule has 0 unspecified atom stereocenters. The highest BCUT2D eigenvalue weighted by atomic mass is 32.1. The van der Waals surface area contributed by atoms with Crippen LogP contribution in [-0.2, 0) is 0 Å². The van der Waals surface area contributed by atoms with Crippen molar-refractivity contribution in [2.75, 3.05) is 17.6 Å². The zero-order valence-corrected chi connectivity index (χ0v) is 12.6. The molecule has 106 valence electrons. The van der Waals surface area contributed by atoms with Gasteiger partial charge >= 0.3 is 0 Å². The summed E-state index contributed by atoms with van der Waals surface area (Å²) in [7, 11) is 0. The van der Waals surface area contributed by atoms with Crippen LogP contribution < -0.4 is 16.4 Å². The molecule has 1 fully saturated rings. The number of nitrogens with two attached hydrogens (primary N) is 1. The van der Waals surface area contributed by atoms with Gasteiger partial charge in [0.1, 0.15) is 10.6 Å². The van der Waals surface area contributed by atoms with Gasteiger partial charge in [-0.25, -0.2) is 0 Å². The zero-order chi connectivity index (χ0) is 14.0. The Kier molecular flexibility index (Phi) is 3.99. The average Bonchev–Trinajstić information content (AvgIpc) is 3.03. The fourth-order valence-electron chi connectivity index (χ4n) is 2.08. The van der Waals surface area contributed by atoms with Crippen LogP contribution in [0.2, 0.25) is 0 Å². The summed E-state index contributed by atoms with van der Waals surface area (Å²) in [6.07, 6.45) is 3.69. The molecule has 1 amide bonds. The number of amides is 1. The molecule has 2 rings (SSSR count). The van der Waals surface area contributed by atoms with E-state index in [1.54, 1.807) is 0 Å². The van der Waals surface area contributed by atoms with E-state index in [9.17, 15) is 4.79 Å². The Morgan fingerprint density at radius 2 is 2.21 bits per heavy atom. The molecule has 4 N–H and O–H groups in total. The molecule has 1 aromatic heterocycles. The molecule has 19 heavy (non-hydrogen) atoms. The summed E-state index contributed by atoms with van der Waals surface area (Å²) < 4.78 is 4.09. The SMILES string of the molecule is CCC1(CNc2snc(N)c2C(=O)NC(C)C)CC1. The van der Waals surface area contributed by atoms with Crippen LogP contribution in [0.25, 0.3) is 0 Å². The standard InChI is InChI=1S/C13H22N4OS/c1-4-13(5-6-13)7-15-12-9(10(14)17-19-12)11(18)16-8(2)3/h8,15H,4-7H2,1-3H3,(H2,14,17)(H,16,18). The van der Waals surface area contributed by atoms with Crippen molar-refractivity contribution in [3.8, 4) is 0 Å². The monoisotopic (exact) mass is 282 g/mol. The van der Waals surface area contributed by atoms with Crippen LogP contribution in [0.1, 0.15) is 50.4 Å². The van der Waals surface area contributed by atoms with E-state index in [0.717, 1.165) is 11.5 Å². The number of hydrogen-bond acceptors (Lipinski definition) is 5. The van der Waals surface area contributed by atoms with E-state index < -0.39 is 0 Å². The number of rotatable bonds is 6. The van der Waals surface area contributed by atoms with Crippen LogP contribution in [-0.4, -0.2) is 22.9 Å². The molecule has 1 heterocycles. The van der Waals surface area contributed by atoms with Gasteiger partial charge in [-0.1, -0.05) is 6.92 Å². The third-order valence-corrected chi connectivity index (χ3v) is 4.52. The van der Waals surface area contributed by atoms with E-state index in [1.807, 2.05) is 13.8 Å². The van der Waals surface area contributed by atoms with E-state index in [0.29, 0.717) is 16.8 Å². The molecule has 0 aromatic carbocycles. The second-order valence-electron chi connectivity index (χ2n) is 5.61. The van der Waals surface area contributed by atoms with Crippen LogP contribution >= 0.6 is 11.5 Å². The Morgan fingerprint density at radius 3 is 2.74 bits per heavy atom. The molecular weight excluding hydrogens is 260 g/mol. The fraction of sp³-hybridized carbons (Fsp3) is 0.692. The minimum absolute atomic E-state index is 0.0880. The van der Waals surface area contributed by atoms with Crippen LogP contribution in [0.5, 0.6) is 0 Å². The van der Waals surface area contributed by atoms with Crippen LogP contribution in [0, 0.1) is 5.41 Å². The Bertz CT molecular complexity index is 465. The Labute approximate surface area is 118 Å². The predicted molar refractivity (Wildman–Crippen MR) is 79.6 cm³/mol. The molecule has 5 nitrogen and oxygen atoms in total. The molecule has 1 aromatic rings. The van der Waals surface area contributed by atoms with E-state index in [2.05, 4.69) is 21.9 Å². The van der Waals surface area contributed by atoms with Gasteiger partial charge in [0.2, 0.25) is 0 Å². The largest absolute Gasteiger partial charge is 0.382 e. The number of nitrogen functional groups attached to an aromatic ring is 1. The normalized spacial score (nSPS) is 16.4. The van der Waals surface area contributed by atoms with Crippen LogP contribution in [0.4, 0.5) is 10.8 Å². The first-order valence-corrected chi connectivity index (χ1v) is 7.54. The summed E-state index contributed by atoms with van der Waals surface area (Å²) in [4.78, 5) is 12.1. The molecule has 0 atom stereocenters. The number of nitrogens with one attached hydrogen (secondary N) is 2. The van der Waals surface area contributed by atoms with Crippen molar-refractivity contribution in [3.63, 3.8) is 0 Å². The fourth-order valence-corrected chi connectivity index (χ4v) is 2.78. The highest BCUT2D eigenvalue weighted by Gasteiger charge is 2.40. The van der Waals surface area contributed by atoms with Crippen LogP contribution in [0.15, 0.2) is 0 Å². The summed E-state index contributed by atoms with van der Waals surface area (Å²) in [5, 5.41) is 7.01. The third kappa shape index (κ3) is 3.18. The molecule has 1 saturated carbocycles. The molecule has 1 aliphatic rings. The second kappa shape index (κ2) is 5.36. The first-order chi connectivity index (χ1) is 8.97. The van der Waals surface area contributed by atoms with Crippen molar-refractivity contribution in [2.24, 2.45) is 5.41 Å². The number of nitrogens with zero attached hydrogens (tertiary/aromatic N) is 1. The lowest BCUT2D eigenvalue weighted by Gasteiger charge is -2.14. The predicted octanol–water partition coefficient (Wildman–Crippen LogP) is 2.47. The lowest BCUT2D eigenvalue weighted by Crippen LogP contribution is -2.31. The number of hydrogen-bond donors (Lipinski definition) is 3. The summed E-state index contributed by atoms with van der Waals surface area (Å²) in [5.41, 5.74) is 6.72. The van der Waals surface area contributed by atoms with E-state index >= 15 is 0 Å². The molecule has 0 saturated heterocycles. The van der Waals surface area contributed by atoms with Crippen LogP contribution in [0.3, 0.4) is 0 Å². The maximum Gasteiger partial charge on any atom is 0.258 e. The Balaban J connectivity index is 2.06. The van der Waals surface area contributed by atoms with Crippen molar-refractivity contribution in [3.05, 3.63) is 5.56 Å². The molecule has 0 radical (unpaired) electrons. The number of carbonyl (C=O) groups is 1. The number of carbonyl (C=O) groups excluding carboxylic acids is 1. The molecule has 0 bridgehead atoms. The van der Waals surface area contributed by atoms with Crippen molar-refractivity contribution in [1.82, 2.24) is 9.69 Å². The number of anilines is 2. The molecule has 6 heteroatoms. The maximum absolute atomic E-state index is 12.1. The van der Waals surface area contributed by atoms with Gasteiger partial charge in [-0.15, -0.1) is 0 Å². The summed E-state index contributed by atoms with van der Waals surface area (Å²) >= 11 is 1.26. The summed E-state index contributed by atoms with van der Waals surface area (Å²) in [6.45, 7) is 6.96. The topological polar surface area (TPSA) is 80.0 Å². The lowest BCUT2D eigenvalue weighted by molar-refractivity contribution is 0.0945. The van der Waals surface area contributed by atoms with Gasteiger partial charge in [0.05, 0.1) is 0 Å². The van der Waals surface area contributed by atoms with Gasteiger partial charge in [-0.3, -0.25) is 4.79 Å². The van der Waals surface area contributed by atoms with E-state index in [4.69, 9.17) is 5.73 Å². The van der Waals surface area contributed by atoms with Crippen molar-refractivity contribution in [1.29, 1.82) is 0 Å². The molecule has 0 spiro atoms. The third-order valence-electron chi connectivity index (χ3n) is 3.70. The van der Waals surface area contributed by atoms with E-state index in [1.165, 1.54) is 30.8 Å². The highest BCUT2D eigenvalue weighted by molar-refractivity contribution is 7.11. The molecule has 0 aliphatic heterocycles. The number of aromatic nitrogens is 1. The molecule has 1 aliphatic carbocycles. The minimum atomic E-state index is -0.148. The van der Waals surface area contributed by atoms with E-state index in [-0.39, 0.29) is 11.9 Å². The van der Waals surface area contributed by atoms with Gasteiger partial charge in [-0.2, -0.15) is 4.37 Å². The first kappa shape index (κ1) is 14.1.